The Hall–Kier alpha value is -1.04. The largest absolute Gasteiger partial charge is 0.351 e. The molecule has 0 radical (unpaired) electrons. The van der Waals surface area contributed by atoms with Crippen LogP contribution in [-0.4, -0.2) is 32.1 Å². The maximum absolute atomic E-state index is 13.7. The molecule has 0 heterocycles. The van der Waals surface area contributed by atoms with E-state index in [9.17, 15) is 8.78 Å². The Morgan fingerprint density at radius 3 is 2.25 bits per heavy atom. The van der Waals surface area contributed by atoms with Gasteiger partial charge in [-0.2, -0.15) is 0 Å². The lowest BCUT2D eigenvalue weighted by molar-refractivity contribution is -0.153. The van der Waals surface area contributed by atoms with E-state index < -0.39 is 17.9 Å². The first-order valence-corrected chi connectivity index (χ1v) is 7.02. The molecular formula is C15H23F2NO2. The van der Waals surface area contributed by atoms with Gasteiger partial charge in [-0.1, -0.05) is 13.0 Å². The van der Waals surface area contributed by atoms with Crippen LogP contribution in [0.2, 0.25) is 0 Å². The number of halogens is 2. The third-order valence-electron chi connectivity index (χ3n) is 2.91. The van der Waals surface area contributed by atoms with E-state index in [-0.39, 0.29) is 6.04 Å². The van der Waals surface area contributed by atoms with E-state index in [1.165, 1.54) is 12.1 Å². The Morgan fingerprint density at radius 1 is 1.10 bits per heavy atom. The quantitative estimate of drug-likeness (QED) is 0.708. The van der Waals surface area contributed by atoms with Crippen molar-refractivity contribution in [3.8, 4) is 0 Å². The van der Waals surface area contributed by atoms with Crippen molar-refractivity contribution in [3.05, 3.63) is 35.4 Å². The van der Waals surface area contributed by atoms with Crippen LogP contribution in [0.4, 0.5) is 8.78 Å². The summed E-state index contributed by atoms with van der Waals surface area (Å²) in [5.74, 6) is -1.11. The highest BCUT2D eigenvalue weighted by atomic mass is 19.1. The zero-order valence-corrected chi connectivity index (χ0v) is 12.3. The third-order valence-corrected chi connectivity index (χ3v) is 2.91. The van der Waals surface area contributed by atoms with Gasteiger partial charge in [0.1, 0.15) is 11.6 Å². The van der Waals surface area contributed by atoms with Gasteiger partial charge in [-0.3, -0.25) is 0 Å². The van der Waals surface area contributed by atoms with E-state index in [4.69, 9.17) is 9.47 Å². The predicted octanol–water partition coefficient (Wildman–Crippen LogP) is 2.88. The Morgan fingerprint density at radius 2 is 1.75 bits per heavy atom. The number of ether oxygens (including phenoxy) is 2. The highest BCUT2D eigenvalue weighted by molar-refractivity contribution is 5.19. The van der Waals surface area contributed by atoms with Gasteiger partial charge in [0.05, 0.1) is 6.04 Å². The van der Waals surface area contributed by atoms with Crippen LogP contribution in [0.25, 0.3) is 0 Å². The summed E-state index contributed by atoms with van der Waals surface area (Å²) in [5, 5.41) is 3.23. The maximum Gasteiger partial charge on any atom is 0.172 e. The molecule has 1 aromatic carbocycles. The molecule has 3 nitrogen and oxygen atoms in total. The first-order valence-electron chi connectivity index (χ1n) is 7.02. The molecule has 20 heavy (non-hydrogen) atoms. The lowest BCUT2D eigenvalue weighted by Crippen LogP contribution is -2.44. The second kappa shape index (κ2) is 9.00. The first-order chi connectivity index (χ1) is 9.62. The summed E-state index contributed by atoms with van der Waals surface area (Å²) >= 11 is 0. The number of likely N-dealkylation sites (N-methyl/N-ethyl adjacent to an activating group) is 1. The highest BCUT2D eigenvalue weighted by Gasteiger charge is 2.23. The molecule has 0 saturated heterocycles. The summed E-state index contributed by atoms with van der Waals surface area (Å²) in [5.41, 5.74) is 0.446. The van der Waals surface area contributed by atoms with Gasteiger partial charge >= 0.3 is 0 Å². The van der Waals surface area contributed by atoms with Crippen LogP contribution in [0.1, 0.15) is 26.3 Å². The summed E-state index contributed by atoms with van der Waals surface area (Å²) in [6.07, 6.45) is -0.0700. The van der Waals surface area contributed by atoms with Crippen molar-refractivity contribution in [1.29, 1.82) is 0 Å². The van der Waals surface area contributed by atoms with Crippen LogP contribution >= 0.6 is 0 Å². The zero-order valence-electron chi connectivity index (χ0n) is 12.3. The van der Waals surface area contributed by atoms with Gasteiger partial charge in [0.15, 0.2) is 6.29 Å². The normalized spacial score (nSPS) is 12.9. The van der Waals surface area contributed by atoms with Crippen LogP contribution in [0, 0.1) is 11.6 Å². The van der Waals surface area contributed by atoms with Gasteiger partial charge < -0.3 is 14.8 Å². The minimum absolute atomic E-state index is 0.181. The van der Waals surface area contributed by atoms with E-state index >= 15 is 0 Å². The van der Waals surface area contributed by atoms with E-state index in [2.05, 4.69) is 5.32 Å². The molecule has 1 aromatic rings. The average Bonchev–Trinajstić information content (AvgIpc) is 2.41. The number of hydrogen-bond acceptors (Lipinski definition) is 3. The van der Waals surface area contributed by atoms with Gasteiger partial charge in [-0.15, -0.1) is 0 Å². The van der Waals surface area contributed by atoms with E-state index in [1.807, 2.05) is 20.8 Å². The Balaban J connectivity index is 2.83. The molecule has 0 aliphatic carbocycles. The molecule has 1 atom stereocenters. The Kier molecular flexibility index (Phi) is 7.65. The molecule has 0 saturated carbocycles. The number of hydrogen-bond donors (Lipinski definition) is 1. The fourth-order valence-corrected chi connectivity index (χ4v) is 2.06. The summed E-state index contributed by atoms with van der Waals surface area (Å²) in [7, 11) is 0. The molecule has 0 aromatic heterocycles. The van der Waals surface area contributed by atoms with E-state index in [1.54, 1.807) is 0 Å². The van der Waals surface area contributed by atoms with Crippen molar-refractivity contribution in [3.63, 3.8) is 0 Å². The fraction of sp³-hybridized carbons (Fsp3) is 0.600. The van der Waals surface area contributed by atoms with Crippen LogP contribution in [-0.2, 0) is 15.9 Å². The van der Waals surface area contributed by atoms with Crippen molar-refractivity contribution in [2.75, 3.05) is 19.8 Å². The Bertz CT molecular complexity index is 395. The first kappa shape index (κ1) is 17.0. The molecule has 0 spiro atoms. The van der Waals surface area contributed by atoms with Crippen LogP contribution < -0.4 is 5.32 Å². The van der Waals surface area contributed by atoms with Gasteiger partial charge in [0, 0.05) is 19.3 Å². The highest BCUT2D eigenvalue weighted by Crippen LogP contribution is 2.15. The Labute approximate surface area is 119 Å². The van der Waals surface area contributed by atoms with Gasteiger partial charge in [-0.25, -0.2) is 8.78 Å². The van der Waals surface area contributed by atoms with Crippen molar-refractivity contribution in [2.45, 2.75) is 39.5 Å². The molecule has 0 fully saturated rings. The van der Waals surface area contributed by atoms with E-state index in [0.29, 0.717) is 31.7 Å². The van der Waals surface area contributed by atoms with Crippen molar-refractivity contribution in [1.82, 2.24) is 5.32 Å². The van der Waals surface area contributed by atoms with Crippen LogP contribution in [0.3, 0.4) is 0 Å². The molecule has 0 bridgehead atoms. The number of rotatable bonds is 9. The van der Waals surface area contributed by atoms with Crippen molar-refractivity contribution in [2.24, 2.45) is 0 Å². The van der Waals surface area contributed by atoms with Gasteiger partial charge in [-0.05, 0) is 38.4 Å². The molecule has 1 N–H and O–H groups in total. The standard InChI is InChI=1S/C15H23F2NO2/c1-4-18-14(15(19-5-2)20-6-3)9-11-7-8-12(16)10-13(11)17/h7-8,10,14-15,18H,4-6,9H2,1-3H3. The van der Waals surface area contributed by atoms with Crippen LogP contribution in [0.5, 0.6) is 0 Å². The van der Waals surface area contributed by atoms with Gasteiger partial charge in [0.2, 0.25) is 0 Å². The number of benzene rings is 1. The summed E-state index contributed by atoms with van der Waals surface area (Å²) in [6.45, 7) is 7.46. The molecule has 5 heteroatoms. The van der Waals surface area contributed by atoms with Crippen molar-refractivity contribution >= 4 is 0 Å². The smallest absolute Gasteiger partial charge is 0.172 e. The maximum atomic E-state index is 13.7. The average molecular weight is 287 g/mol. The number of nitrogens with one attached hydrogen (secondary N) is 1. The topological polar surface area (TPSA) is 30.5 Å². The second-order valence-corrected chi connectivity index (χ2v) is 4.38. The van der Waals surface area contributed by atoms with Crippen LogP contribution in [0.15, 0.2) is 18.2 Å². The molecule has 1 rings (SSSR count). The molecule has 0 amide bonds. The fourth-order valence-electron chi connectivity index (χ4n) is 2.06. The molecular weight excluding hydrogens is 264 g/mol. The molecule has 0 aliphatic rings. The summed E-state index contributed by atoms with van der Waals surface area (Å²) in [6, 6.07) is 3.44. The minimum Gasteiger partial charge on any atom is -0.351 e. The summed E-state index contributed by atoms with van der Waals surface area (Å²) < 4.78 is 37.8. The van der Waals surface area contributed by atoms with Crippen molar-refractivity contribution < 1.29 is 18.3 Å². The SMILES string of the molecule is CCNC(Cc1ccc(F)cc1F)C(OCC)OCC. The lowest BCUT2D eigenvalue weighted by Gasteiger charge is -2.27. The molecule has 0 aliphatic heterocycles. The second-order valence-electron chi connectivity index (χ2n) is 4.38. The lowest BCUT2D eigenvalue weighted by atomic mass is 10.0. The predicted molar refractivity (Wildman–Crippen MR) is 74.6 cm³/mol. The molecule has 1 unspecified atom stereocenters. The van der Waals surface area contributed by atoms with Gasteiger partial charge in [0.25, 0.3) is 0 Å². The van der Waals surface area contributed by atoms with E-state index in [0.717, 1.165) is 6.07 Å². The third kappa shape index (κ3) is 5.15. The zero-order chi connectivity index (χ0) is 15.0. The monoisotopic (exact) mass is 287 g/mol. The minimum atomic E-state index is -0.572. The molecule has 114 valence electrons. The summed E-state index contributed by atoms with van der Waals surface area (Å²) in [4.78, 5) is 0.